The van der Waals surface area contributed by atoms with Crippen LogP contribution in [0, 0.1) is 11.6 Å². The first kappa shape index (κ1) is 13.9. The van der Waals surface area contributed by atoms with E-state index in [1.54, 1.807) is 6.92 Å². The zero-order chi connectivity index (χ0) is 12.9. The zero-order valence-corrected chi connectivity index (χ0v) is 9.96. The van der Waals surface area contributed by atoms with Crippen molar-refractivity contribution in [1.82, 2.24) is 5.32 Å². The van der Waals surface area contributed by atoms with Crippen molar-refractivity contribution in [3.05, 3.63) is 29.8 Å². The van der Waals surface area contributed by atoms with E-state index in [1.165, 1.54) is 0 Å². The summed E-state index contributed by atoms with van der Waals surface area (Å²) >= 11 is 0. The average molecular weight is 245 g/mol. The molecule has 2 N–H and O–H groups in total. The summed E-state index contributed by atoms with van der Waals surface area (Å²) in [6.45, 7) is 4.54. The number of benzene rings is 1. The fourth-order valence-electron chi connectivity index (χ4n) is 1.30. The molecule has 96 valence electrons. The third-order valence-corrected chi connectivity index (χ3v) is 2.14. The molecule has 3 nitrogen and oxygen atoms in total. The molecule has 0 aliphatic rings. The van der Waals surface area contributed by atoms with Gasteiger partial charge in [-0.1, -0.05) is 6.92 Å². The third kappa shape index (κ3) is 5.10. The van der Waals surface area contributed by atoms with Gasteiger partial charge in [-0.05, 0) is 13.5 Å². The Morgan fingerprint density at radius 2 is 1.88 bits per heavy atom. The fraction of sp³-hybridized carbons (Fsp3) is 0.500. The zero-order valence-electron chi connectivity index (χ0n) is 9.96. The standard InChI is InChI=1S/C12H17F2NO2/c1-3-15-7-12(2,16)8-17-11-5-9(13)4-10(14)6-11/h4-6,15-16H,3,7-8H2,1-2H3. The molecule has 0 saturated carbocycles. The van der Waals surface area contributed by atoms with Gasteiger partial charge >= 0.3 is 0 Å². The smallest absolute Gasteiger partial charge is 0.129 e. The number of ether oxygens (including phenoxy) is 1. The van der Waals surface area contributed by atoms with Crippen molar-refractivity contribution in [3.8, 4) is 5.75 Å². The highest BCUT2D eigenvalue weighted by atomic mass is 19.1. The second-order valence-electron chi connectivity index (χ2n) is 4.17. The predicted molar refractivity (Wildman–Crippen MR) is 61.0 cm³/mol. The molecule has 0 fully saturated rings. The van der Waals surface area contributed by atoms with Crippen LogP contribution in [0.15, 0.2) is 18.2 Å². The first-order valence-electron chi connectivity index (χ1n) is 5.45. The van der Waals surface area contributed by atoms with Crippen molar-refractivity contribution in [2.24, 2.45) is 0 Å². The second-order valence-corrected chi connectivity index (χ2v) is 4.17. The van der Waals surface area contributed by atoms with Gasteiger partial charge in [0.15, 0.2) is 0 Å². The maximum absolute atomic E-state index is 12.9. The van der Waals surface area contributed by atoms with Crippen LogP contribution in [0.1, 0.15) is 13.8 Å². The molecule has 0 aliphatic carbocycles. The molecule has 1 aromatic rings. The molecule has 0 heterocycles. The van der Waals surface area contributed by atoms with Crippen LogP contribution in [0.5, 0.6) is 5.75 Å². The minimum absolute atomic E-state index is 0.0388. The lowest BCUT2D eigenvalue weighted by atomic mass is 10.1. The quantitative estimate of drug-likeness (QED) is 0.801. The molecule has 5 heteroatoms. The average Bonchev–Trinajstić information content (AvgIpc) is 2.23. The Bertz CT molecular complexity index is 349. The van der Waals surface area contributed by atoms with E-state index in [0.29, 0.717) is 6.54 Å². The highest BCUT2D eigenvalue weighted by Crippen LogP contribution is 2.16. The van der Waals surface area contributed by atoms with Crippen LogP contribution in [-0.2, 0) is 0 Å². The van der Waals surface area contributed by atoms with E-state index in [4.69, 9.17) is 4.74 Å². The van der Waals surface area contributed by atoms with E-state index >= 15 is 0 Å². The van der Waals surface area contributed by atoms with Crippen LogP contribution in [0.4, 0.5) is 8.78 Å². The summed E-state index contributed by atoms with van der Waals surface area (Å²) in [6, 6.07) is 2.92. The first-order chi connectivity index (χ1) is 7.93. The lowest BCUT2D eigenvalue weighted by Gasteiger charge is -2.23. The number of hydrogen-bond acceptors (Lipinski definition) is 3. The Balaban J connectivity index is 2.54. The molecular weight excluding hydrogens is 228 g/mol. The molecule has 1 rings (SSSR count). The van der Waals surface area contributed by atoms with Crippen molar-refractivity contribution < 1.29 is 18.6 Å². The van der Waals surface area contributed by atoms with Gasteiger partial charge in [0.05, 0.1) is 0 Å². The fourth-order valence-corrected chi connectivity index (χ4v) is 1.30. The molecule has 0 amide bonds. The highest BCUT2D eigenvalue weighted by Gasteiger charge is 2.20. The molecule has 1 unspecified atom stereocenters. The summed E-state index contributed by atoms with van der Waals surface area (Å²) in [5.41, 5.74) is -1.08. The topological polar surface area (TPSA) is 41.5 Å². The van der Waals surface area contributed by atoms with Crippen molar-refractivity contribution in [1.29, 1.82) is 0 Å². The van der Waals surface area contributed by atoms with Crippen molar-refractivity contribution in [2.45, 2.75) is 19.4 Å². The van der Waals surface area contributed by atoms with Crippen LogP contribution < -0.4 is 10.1 Å². The Morgan fingerprint density at radius 3 is 2.41 bits per heavy atom. The van der Waals surface area contributed by atoms with Gasteiger partial charge in [-0.3, -0.25) is 0 Å². The minimum Gasteiger partial charge on any atom is -0.490 e. The van der Waals surface area contributed by atoms with Crippen LogP contribution in [0.25, 0.3) is 0 Å². The second kappa shape index (κ2) is 5.93. The molecule has 0 aliphatic heterocycles. The summed E-state index contributed by atoms with van der Waals surface area (Å²) in [6.07, 6.45) is 0. The Kier molecular flexibility index (Phi) is 4.84. The molecule has 0 bridgehead atoms. The summed E-state index contributed by atoms with van der Waals surface area (Å²) in [5, 5.41) is 12.8. The maximum atomic E-state index is 12.9. The lowest BCUT2D eigenvalue weighted by Crippen LogP contribution is -2.42. The molecular formula is C12H17F2NO2. The lowest BCUT2D eigenvalue weighted by molar-refractivity contribution is 0.0125. The summed E-state index contributed by atoms with van der Waals surface area (Å²) in [7, 11) is 0. The Morgan fingerprint density at radius 1 is 1.29 bits per heavy atom. The van der Waals surface area contributed by atoms with Gasteiger partial charge < -0.3 is 15.2 Å². The monoisotopic (exact) mass is 245 g/mol. The summed E-state index contributed by atoms with van der Waals surface area (Å²) in [4.78, 5) is 0. The first-order valence-corrected chi connectivity index (χ1v) is 5.45. The van der Waals surface area contributed by atoms with E-state index in [1.807, 2.05) is 6.92 Å². The molecule has 0 saturated heterocycles. The molecule has 17 heavy (non-hydrogen) atoms. The normalized spacial score (nSPS) is 14.4. The van der Waals surface area contributed by atoms with Crippen molar-refractivity contribution >= 4 is 0 Å². The Hall–Kier alpha value is -1.20. The molecule has 1 aromatic carbocycles. The number of halogens is 2. The van der Waals surface area contributed by atoms with Crippen LogP contribution in [0.2, 0.25) is 0 Å². The summed E-state index contributed by atoms with van der Waals surface area (Å²) < 4.78 is 30.9. The number of likely N-dealkylation sites (N-methyl/N-ethyl adjacent to an activating group) is 1. The third-order valence-electron chi connectivity index (χ3n) is 2.14. The van der Waals surface area contributed by atoms with Crippen molar-refractivity contribution in [2.75, 3.05) is 19.7 Å². The largest absolute Gasteiger partial charge is 0.490 e. The van der Waals surface area contributed by atoms with Crippen LogP contribution in [-0.4, -0.2) is 30.4 Å². The molecule has 1 atom stereocenters. The minimum atomic E-state index is -1.08. The number of rotatable bonds is 6. The van der Waals surface area contributed by atoms with E-state index in [-0.39, 0.29) is 12.4 Å². The highest BCUT2D eigenvalue weighted by molar-refractivity contribution is 5.23. The SMILES string of the molecule is CCNCC(C)(O)COc1cc(F)cc(F)c1. The van der Waals surface area contributed by atoms with Gasteiger partial charge in [-0.25, -0.2) is 8.78 Å². The maximum Gasteiger partial charge on any atom is 0.129 e. The van der Waals surface area contributed by atoms with Gasteiger partial charge in [0.1, 0.15) is 29.6 Å². The van der Waals surface area contributed by atoms with E-state index < -0.39 is 17.2 Å². The van der Waals surface area contributed by atoms with Crippen molar-refractivity contribution in [3.63, 3.8) is 0 Å². The number of aliphatic hydroxyl groups is 1. The molecule has 0 aromatic heterocycles. The summed E-state index contributed by atoms with van der Waals surface area (Å²) in [5.74, 6) is -1.34. The van der Waals surface area contributed by atoms with E-state index in [0.717, 1.165) is 24.7 Å². The predicted octanol–water partition coefficient (Wildman–Crippen LogP) is 1.70. The Labute approximate surface area is 99.4 Å². The van der Waals surface area contributed by atoms with Crippen LogP contribution in [0.3, 0.4) is 0 Å². The van der Waals surface area contributed by atoms with Gasteiger partial charge in [0.25, 0.3) is 0 Å². The van der Waals surface area contributed by atoms with E-state index in [2.05, 4.69) is 5.32 Å². The van der Waals surface area contributed by atoms with Gasteiger partial charge in [-0.2, -0.15) is 0 Å². The van der Waals surface area contributed by atoms with Gasteiger partial charge in [-0.15, -0.1) is 0 Å². The number of hydrogen-bond donors (Lipinski definition) is 2. The molecule has 0 spiro atoms. The molecule has 0 radical (unpaired) electrons. The van der Waals surface area contributed by atoms with Crippen LogP contribution >= 0.6 is 0 Å². The van der Waals surface area contributed by atoms with Gasteiger partial charge in [0.2, 0.25) is 0 Å². The van der Waals surface area contributed by atoms with Gasteiger partial charge in [0, 0.05) is 24.7 Å². The van der Waals surface area contributed by atoms with E-state index in [9.17, 15) is 13.9 Å². The number of nitrogens with one attached hydrogen (secondary N) is 1.